The van der Waals surface area contributed by atoms with Crippen LogP contribution >= 0.6 is 11.6 Å². The van der Waals surface area contributed by atoms with E-state index in [4.69, 9.17) is 11.6 Å². The van der Waals surface area contributed by atoms with E-state index in [-0.39, 0.29) is 18.4 Å². The van der Waals surface area contributed by atoms with Gasteiger partial charge in [0.15, 0.2) is 0 Å². The largest absolute Gasteiger partial charge is 0.352 e. The lowest BCUT2D eigenvalue weighted by Gasteiger charge is -2.09. The summed E-state index contributed by atoms with van der Waals surface area (Å²) in [5.74, 6) is -1.29. The molecule has 2 rings (SSSR count). The number of fused-ring (bicyclic) bond motifs is 1. The zero-order valence-electron chi connectivity index (χ0n) is 9.45. The predicted molar refractivity (Wildman–Crippen MR) is 66.2 cm³/mol. The van der Waals surface area contributed by atoms with Crippen LogP contribution in [-0.4, -0.2) is 24.0 Å². The van der Waals surface area contributed by atoms with Gasteiger partial charge in [0.1, 0.15) is 0 Å². The molecule has 0 fully saturated rings. The minimum Gasteiger partial charge on any atom is -0.352 e. The lowest BCUT2D eigenvalue weighted by atomic mass is 9.97. The number of para-hydroxylation sites is 1. The molecule has 2 atom stereocenters. The van der Waals surface area contributed by atoms with Crippen LogP contribution in [-0.2, 0) is 9.59 Å². The zero-order chi connectivity index (χ0) is 13.1. The second kappa shape index (κ2) is 5.35. The zero-order valence-corrected chi connectivity index (χ0v) is 10.2. The van der Waals surface area contributed by atoms with E-state index in [0.717, 1.165) is 11.3 Å². The molecular formula is C12H12ClFN2O2. The average Bonchev–Trinajstić information content (AvgIpc) is 2.65. The summed E-state index contributed by atoms with van der Waals surface area (Å²) < 4.78 is 12.4. The molecule has 2 N–H and O–H groups in total. The van der Waals surface area contributed by atoms with Crippen molar-refractivity contribution >= 4 is 29.1 Å². The van der Waals surface area contributed by atoms with Gasteiger partial charge in [-0.2, -0.15) is 0 Å². The monoisotopic (exact) mass is 270 g/mol. The van der Waals surface area contributed by atoms with Gasteiger partial charge >= 0.3 is 0 Å². The quantitative estimate of drug-likeness (QED) is 0.819. The smallest absolute Gasteiger partial charge is 0.270 e. The summed E-state index contributed by atoms with van der Waals surface area (Å²) in [5.41, 5.74) is -0.353. The van der Waals surface area contributed by atoms with E-state index in [1.165, 1.54) is 0 Å². The number of hydrogen-bond acceptors (Lipinski definition) is 2. The third-order valence-electron chi connectivity index (χ3n) is 2.84. The van der Waals surface area contributed by atoms with Gasteiger partial charge in [0, 0.05) is 12.2 Å². The van der Waals surface area contributed by atoms with Gasteiger partial charge in [0.2, 0.25) is 5.91 Å². The van der Waals surface area contributed by atoms with E-state index in [0.29, 0.717) is 6.42 Å². The van der Waals surface area contributed by atoms with Crippen molar-refractivity contribution < 1.29 is 14.0 Å². The number of carbonyl (C=O) groups is 2. The number of rotatable bonds is 4. The maximum absolute atomic E-state index is 12.4. The molecule has 1 aromatic carbocycles. The molecule has 6 heteroatoms. The second-order valence-corrected chi connectivity index (χ2v) is 4.39. The number of carbonyl (C=O) groups excluding carboxylic acids is 2. The SMILES string of the molecule is O=C(NCCC1C(=O)Nc2ccccc21)C(F)Cl. The first-order valence-electron chi connectivity index (χ1n) is 5.55. The fourth-order valence-electron chi connectivity index (χ4n) is 1.98. The number of halogens is 2. The average molecular weight is 271 g/mol. The molecule has 96 valence electrons. The Labute approximate surface area is 109 Å². The maximum atomic E-state index is 12.4. The molecule has 1 heterocycles. The summed E-state index contributed by atoms with van der Waals surface area (Å²) in [6.45, 7) is 0.207. The van der Waals surface area contributed by atoms with Crippen LogP contribution in [0.2, 0.25) is 0 Å². The summed E-state index contributed by atoms with van der Waals surface area (Å²) in [6, 6.07) is 7.37. The van der Waals surface area contributed by atoms with Crippen LogP contribution in [0.15, 0.2) is 24.3 Å². The van der Waals surface area contributed by atoms with E-state index in [1.54, 1.807) is 0 Å². The first-order chi connectivity index (χ1) is 8.59. The predicted octanol–water partition coefficient (Wildman–Crippen LogP) is 1.76. The van der Waals surface area contributed by atoms with Crippen molar-refractivity contribution in [1.29, 1.82) is 0 Å². The van der Waals surface area contributed by atoms with Crippen molar-refractivity contribution in [2.75, 3.05) is 11.9 Å². The molecule has 0 aliphatic carbocycles. The van der Waals surface area contributed by atoms with E-state index in [9.17, 15) is 14.0 Å². The van der Waals surface area contributed by atoms with Crippen LogP contribution in [0.4, 0.5) is 10.1 Å². The molecule has 0 saturated carbocycles. The van der Waals surface area contributed by atoms with Crippen LogP contribution < -0.4 is 10.6 Å². The van der Waals surface area contributed by atoms with E-state index in [2.05, 4.69) is 10.6 Å². The summed E-state index contributed by atoms with van der Waals surface area (Å²) in [4.78, 5) is 22.6. The highest BCUT2D eigenvalue weighted by molar-refractivity contribution is 6.29. The standard InChI is InChI=1S/C12H12ClFN2O2/c13-10(14)12(18)15-6-5-8-7-3-1-2-4-9(7)16-11(8)17/h1-4,8,10H,5-6H2,(H,15,18)(H,16,17). The molecule has 0 saturated heterocycles. The number of anilines is 1. The molecular weight excluding hydrogens is 259 g/mol. The topological polar surface area (TPSA) is 58.2 Å². The number of nitrogens with one attached hydrogen (secondary N) is 2. The van der Waals surface area contributed by atoms with Gasteiger partial charge in [-0.15, -0.1) is 0 Å². The fraction of sp³-hybridized carbons (Fsp3) is 0.333. The van der Waals surface area contributed by atoms with E-state index >= 15 is 0 Å². The molecule has 1 aliphatic rings. The fourth-order valence-corrected chi connectivity index (χ4v) is 2.06. The summed E-state index contributed by atoms with van der Waals surface area (Å²) in [5, 5.41) is 5.09. The molecule has 2 unspecified atom stereocenters. The van der Waals surface area contributed by atoms with Gasteiger partial charge in [-0.05, 0) is 18.1 Å². The Kier molecular flexibility index (Phi) is 3.81. The first-order valence-corrected chi connectivity index (χ1v) is 5.99. The van der Waals surface area contributed by atoms with Gasteiger partial charge < -0.3 is 10.6 Å². The summed E-state index contributed by atoms with van der Waals surface area (Å²) >= 11 is 4.98. The molecule has 0 radical (unpaired) electrons. The van der Waals surface area contributed by atoms with E-state index < -0.39 is 11.5 Å². The minimum atomic E-state index is -2.05. The highest BCUT2D eigenvalue weighted by atomic mass is 35.5. The molecule has 18 heavy (non-hydrogen) atoms. The summed E-state index contributed by atoms with van der Waals surface area (Å²) in [7, 11) is 0. The molecule has 0 aromatic heterocycles. The second-order valence-electron chi connectivity index (χ2n) is 4.01. The summed E-state index contributed by atoms with van der Waals surface area (Å²) in [6.07, 6.45) is 0.415. The number of benzene rings is 1. The molecule has 2 amide bonds. The Bertz CT molecular complexity index is 479. The van der Waals surface area contributed by atoms with Crippen molar-refractivity contribution in [3.63, 3.8) is 0 Å². The highest BCUT2D eigenvalue weighted by Crippen LogP contribution is 2.33. The lowest BCUT2D eigenvalue weighted by molar-refractivity contribution is -0.123. The minimum absolute atomic E-state index is 0.104. The number of amides is 2. The van der Waals surface area contributed by atoms with Gasteiger partial charge in [0.05, 0.1) is 5.92 Å². The van der Waals surface area contributed by atoms with Gasteiger partial charge in [-0.3, -0.25) is 9.59 Å². The molecule has 0 spiro atoms. The molecule has 4 nitrogen and oxygen atoms in total. The van der Waals surface area contributed by atoms with Crippen LogP contribution in [0.25, 0.3) is 0 Å². The van der Waals surface area contributed by atoms with Crippen LogP contribution in [0.1, 0.15) is 17.9 Å². The Morgan fingerprint density at radius 1 is 1.50 bits per heavy atom. The Balaban J connectivity index is 1.94. The third kappa shape index (κ3) is 2.61. The van der Waals surface area contributed by atoms with Crippen LogP contribution in [0, 0.1) is 0 Å². The van der Waals surface area contributed by atoms with Crippen molar-refractivity contribution in [3.8, 4) is 0 Å². The Morgan fingerprint density at radius 3 is 2.94 bits per heavy atom. The Hall–Kier alpha value is -1.62. The van der Waals surface area contributed by atoms with Crippen LogP contribution in [0.5, 0.6) is 0 Å². The van der Waals surface area contributed by atoms with E-state index in [1.807, 2.05) is 24.3 Å². The van der Waals surface area contributed by atoms with Gasteiger partial charge in [-0.25, -0.2) is 4.39 Å². The molecule has 1 aliphatic heterocycles. The van der Waals surface area contributed by atoms with Crippen molar-refractivity contribution in [1.82, 2.24) is 5.32 Å². The third-order valence-corrected chi connectivity index (χ3v) is 3.04. The lowest BCUT2D eigenvalue weighted by Crippen LogP contribution is -2.31. The van der Waals surface area contributed by atoms with Gasteiger partial charge in [0.25, 0.3) is 11.5 Å². The van der Waals surface area contributed by atoms with Crippen LogP contribution in [0.3, 0.4) is 0 Å². The van der Waals surface area contributed by atoms with Crippen molar-refractivity contribution in [2.24, 2.45) is 0 Å². The first kappa shape index (κ1) is 12.8. The normalized spacial score (nSPS) is 19.0. The highest BCUT2D eigenvalue weighted by Gasteiger charge is 2.29. The number of alkyl halides is 2. The Morgan fingerprint density at radius 2 is 2.22 bits per heavy atom. The van der Waals surface area contributed by atoms with Crippen molar-refractivity contribution in [2.45, 2.75) is 18.0 Å². The maximum Gasteiger partial charge on any atom is 0.270 e. The number of hydrogen-bond donors (Lipinski definition) is 2. The molecule has 1 aromatic rings. The van der Waals surface area contributed by atoms with Crippen molar-refractivity contribution in [3.05, 3.63) is 29.8 Å². The van der Waals surface area contributed by atoms with Gasteiger partial charge in [-0.1, -0.05) is 29.8 Å². The molecule has 0 bridgehead atoms.